The fraction of sp³-hybridized carbons (Fsp3) is 0.458. The number of aromatic nitrogens is 1. The molecule has 9 nitrogen and oxygen atoms in total. The number of nitrogens with zero attached hydrogens (tertiary/aromatic N) is 3. The van der Waals surface area contributed by atoms with Crippen LogP contribution in [0.2, 0.25) is 5.02 Å². The third-order valence-electron chi connectivity index (χ3n) is 6.24. The van der Waals surface area contributed by atoms with Gasteiger partial charge in [0, 0.05) is 32.2 Å². The Morgan fingerprint density at radius 2 is 1.74 bits per heavy atom. The number of piperidine rings is 1. The molecule has 1 aromatic heterocycles. The van der Waals surface area contributed by atoms with Crippen LogP contribution >= 0.6 is 11.6 Å². The van der Waals surface area contributed by atoms with Gasteiger partial charge in [0.15, 0.2) is 0 Å². The van der Waals surface area contributed by atoms with Gasteiger partial charge in [-0.3, -0.25) is 4.79 Å². The smallest absolute Gasteiger partial charge is 0.410 e. The number of carbonyl (C=O) groups excluding carboxylic acids is 3. The Morgan fingerprint density at radius 3 is 2.35 bits per heavy atom. The molecular weight excluding hydrogens is 458 g/mol. The molecule has 3 heterocycles. The average Bonchev–Trinajstić information content (AvgIpc) is 3.10. The van der Waals surface area contributed by atoms with Crippen molar-refractivity contribution in [2.75, 3.05) is 19.6 Å². The number of likely N-dealkylation sites (tertiary alicyclic amines) is 1. The van der Waals surface area contributed by atoms with Crippen molar-refractivity contribution in [1.82, 2.24) is 19.7 Å². The Hall–Kier alpha value is -3.20. The van der Waals surface area contributed by atoms with Gasteiger partial charge in [0.2, 0.25) is 0 Å². The first kappa shape index (κ1) is 23.9. The second kappa shape index (κ2) is 9.97. The molecule has 0 saturated carbocycles. The maximum Gasteiger partial charge on any atom is 0.410 e. The molecule has 182 valence electrons. The molecule has 2 aromatic rings. The first-order valence-electron chi connectivity index (χ1n) is 11.5. The predicted octanol–water partition coefficient (Wildman–Crippen LogP) is 3.44. The highest BCUT2D eigenvalue weighted by Crippen LogP contribution is 2.37. The highest BCUT2D eigenvalue weighted by atomic mass is 35.5. The van der Waals surface area contributed by atoms with Crippen molar-refractivity contribution in [2.45, 2.75) is 51.9 Å². The van der Waals surface area contributed by atoms with E-state index in [9.17, 15) is 14.4 Å². The summed E-state index contributed by atoms with van der Waals surface area (Å²) in [6.45, 7) is 5.90. The minimum atomic E-state index is -0.612. The van der Waals surface area contributed by atoms with Crippen molar-refractivity contribution in [3.8, 4) is 11.3 Å². The molecule has 0 unspecified atom stereocenters. The lowest BCUT2D eigenvalue weighted by molar-refractivity contribution is 0.0679. The standard InChI is InChI=1S/C24H30ClN5O4/c1-15(2)34-24(33)28-10-8-17(9-11-28)27-23(32)29-12-13-30-18(14-29)19(22(26)31)20(25)21(30)16-6-4-3-5-7-16/h3-7,15,17H,8-14H2,1-2H3,(H2,26,31)(H,27,32). The number of amides is 4. The van der Waals surface area contributed by atoms with E-state index < -0.39 is 5.91 Å². The zero-order valence-corrected chi connectivity index (χ0v) is 20.2. The number of urea groups is 1. The first-order chi connectivity index (χ1) is 16.3. The highest BCUT2D eigenvalue weighted by Gasteiger charge is 2.32. The van der Waals surface area contributed by atoms with Crippen molar-refractivity contribution in [1.29, 1.82) is 0 Å². The second-order valence-corrected chi connectivity index (χ2v) is 9.31. The number of primary amides is 1. The fourth-order valence-electron chi connectivity index (χ4n) is 4.58. The van der Waals surface area contributed by atoms with Gasteiger partial charge >= 0.3 is 12.1 Å². The number of ether oxygens (including phenoxy) is 1. The maximum absolute atomic E-state index is 13.0. The molecule has 1 saturated heterocycles. The summed E-state index contributed by atoms with van der Waals surface area (Å²) in [4.78, 5) is 40.7. The summed E-state index contributed by atoms with van der Waals surface area (Å²) in [5.74, 6) is -0.612. The number of hydrogen-bond donors (Lipinski definition) is 2. The molecule has 0 atom stereocenters. The Bertz CT molecular complexity index is 1080. The van der Waals surface area contributed by atoms with Gasteiger partial charge in [0.05, 0.1) is 34.6 Å². The monoisotopic (exact) mass is 487 g/mol. The molecule has 2 aliphatic heterocycles. The number of carbonyl (C=O) groups is 3. The number of rotatable bonds is 4. The lowest BCUT2D eigenvalue weighted by Gasteiger charge is -2.35. The van der Waals surface area contributed by atoms with Crippen LogP contribution in [0.4, 0.5) is 9.59 Å². The van der Waals surface area contributed by atoms with Crippen LogP contribution in [-0.4, -0.2) is 64.2 Å². The summed E-state index contributed by atoms with van der Waals surface area (Å²) in [5, 5.41) is 3.39. The van der Waals surface area contributed by atoms with Gasteiger partial charge in [0.25, 0.3) is 5.91 Å². The van der Waals surface area contributed by atoms with Gasteiger partial charge in [-0.2, -0.15) is 0 Å². The molecule has 34 heavy (non-hydrogen) atoms. The molecule has 0 aliphatic carbocycles. The third-order valence-corrected chi connectivity index (χ3v) is 6.61. The lowest BCUT2D eigenvalue weighted by Crippen LogP contribution is -2.51. The second-order valence-electron chi connectivity index (χ2n) is 8.93. The Kier molecular flexibility index (Phi) is 7.02. The first-order valence-corrected chi connectivity index (χ1v) is 11.9. The maximum atomic E-state index is 13.0. The van der Waals surface area contributed by atoms with Gasteiger partial charge < -0.3 is 30.2 Å². The third kappa shape index (κ3) is 4.84. The fourth-order valence-corrected chi connectivity index (χ4v) is 4.99. The van der Waals surface area contributed by atoms with Gasteiger partial charge in [-0.25, -0.2) is 9.59 Å². The van der Waals surface area contributed by atoms with Crippen molar-refractivity contribution in [3.63, 3.8) is 0 Å². The van der Waals surface area contributed by atoms with Crippen LogP contribution in [0.3, 0.4) is 0 Å². The van der Waals surface area contributed by atoms with Crippen LogP contribution in [0, 0.1) is 0 Å². The molecule has 0 radical (unpaired) electrons. The van der Waals surface area contributed by atoms with E-state index in [0.717, 1.165) is 11.3 Å². The van der Waals surface area contributed by atoms with E-state index >= 15 is 0 Å². The largest absolute Gasteiger partial charge is 0.447 e. The van der Waals surface area contributed by atoms with Crippen LogP contribution < -0.4 is 11.1 Å². The molecule has 3 N–H and O–H groups in total. The highest BCUT2D eigenvalue weighted by molar-refractivity contribution is 6.36. The Balaban J connectivity index is 1.44. The summed E-state index contributed by atoms with van der Waals surface area (Å²) in [6.07, 6.45) is 0.824. The van der Waals surface area contributed by atoms with Crippen molar-refractivity contribution >= 4 is 29.6 Å². The lowest BCUT2D eigenvalue weighted by atomic mass is 10.1. The number of fused-ring (bicyclic) bond motifs is 1. The van der Waals surface area contributed by atoms with Crippen molar-refractivity contribution in [3.05, 3.63) is 46.6 Å². The van der Waals surface area contributed by atoms with E-state index in [0.29, 0.717) is 49.7 Å². The molecule has 0 spiro atoms. The molecule has 0 bridgehead atoms. The van der Waals surface area contributed by atoms with Crippen LogP contribution in [0.15, 0.2) is 30.3 Å². The van der Waals surface area contributed by atoms with E-state index in [-0.39, 0.29) is 36.4 Å². The van der Waals surface area contributed by atoms with Crippen molar-refractivity contribution < 1.29 is 19.1 Å². The van der Waals surface area contributed by atoms with E-state index in [1.165, 1.54) is 0 Å². The van der Waals surface area contributed by atoms with Crippen LogP contribution in [0.5, 0.6) is 0 Å². The summed E-state index contributed by atoms with van der Waals surface area (Å²) in [7, 11) is 0. The SMILES string of the molecule is CC(C)OC(=O)N1CCC(NC(=O)N2CCn3c(c(C(N)=O)c(Cl)c3-c3ccccc3)C2)CC1. The van der Waals surface area contributed by atoms with Crippen LogP contribution in [0.1, 0.15) is 42.7 Å². The summed E-state index contributed by atoms with van der Waals surface area (Å²) >= 11 is 6.62. The molecule has 10 heteroatoms. The number of hydrogen-bond acceptors (Lipinski definition) is 4. The van der Waals surface area contributed by atoms with Crippen molar-refractivity contribution in [2.24, 2.45) is 5.73 Å². The zero-order valence-electron chi connectivity index (χ0n) is 19.4. The number of halogens is 1. The quantitative estimate of drug-likeness (QED) is 0.688. The van der Waals surface area contributed by atoms with Gasteiger partial charge in [-0.15, -0.1) is 0 Å². The van der Waals surface area contributed by atoms with Gasteiger partial charge in [-0.1, -0.05) is 41.9 Å². The topological polar surface area (TPSA) is 110 Å². The predicted molar refractivity (Wildman–Crippen MR) is 129 cm³/mol. The van der Waals surface area contributed by atoms with E-state index in [1.807, 2.05) is 48.7 Å². The molecule has 1 fully saturated rings. The molecule has 4 rings (SSSR count). The van der Waals surface area contributed by atoms with E-state index in [1.54, 1.807) is 9.80 Å². The average molecular weight is 488 g/mol. The minimum absolute atomic E-state index is 0.0385. The number of nitrogens with one attached hydrogen (secondary N) is 1. The molecule has 1 aromatic carbocycles. The molecular formula is C24H30ClN5O4. The zero-order chi connectivity index (χ0) is 24.4. The summed E-state index contributed by atoms with van der Waals surface area (Å²) in [5.41, 5.74) is 8.21. The minimum Gasteiger partial charge on any atom is -0.447 e. The Labute approximate surface area is 203 Å². The van der Waals surface area contributed by atoms with E-state index in [4.69, 9.17) is 22.1 Å². The molecule has 4 amide bonds. The van der Waals surface area contributed by atoms with Gasteiger partial charge in [0.1, 0.15) is 0 Å². The summed E-state index contributed by atoms with van der Waals surface area (Å²) in [6, 6.07) is 9.35. The Morgan fingerprint density at radius 1 is 1.06 bits per heavy atom. The van der Waals surface area contributed by atoms with Crippen LogP contribution in [0.25, 0.3) is 11.3 Å². The van der Waals surface area contributed by atoms with E-state index in [2.05, 4.69) is 5.32 Å². The number of nitrogens with two attached hydrogens (primary N) is 1. The molecule has 2 aliphatic rings. The normalized spacial score (nSPS) is 16.4. The van der Waals surface area contributed by atoms with Gasteiger partial charge in [-0.05, 0) is 32.3 Å². The number of benzene rings is 1. The van der Waals surface area contributed by atoms with Crippen LogP contribution in [-0.2, 0) is 17.8 Å². The summed E-state index contributed by atoms with van der Waals surface area (Å²) < 4.78 is 7.24.